The summed E-state index contributed by atoms with van der Waals surface area (Å²) in [7, 11) is 0. The van der Waals surface area contributed by atoms with Crippen molar-refractivity contribution in [1.82, 2.24) is 19.9 Å². The molecule has 4 aromatic rings. The Bertz CT molecular complexity index is 1030. The molecule has 0 unspecified atom stereocenters. The first-order valence-corrected chi connectivity index (χ1v) is 9.67. The third kappa shape index (κ3) is 14.3. The largest absolute Gasteiger partial charge is 4.00 e. The molecule has 0 radical (unpaired) electrons. The molecule has 0 amide bonds. The van der Waals surface area contributed by atoms with Crippen LogP contribution in [-0.2, 0) is 0 Å². The second kappa shape index (κ2) is 18.6. The van der Waals surface area contributed by atoms with E-state index in [-0.39, 0.29) is 46.2 Å². The molecule has 12 nitrogen and oxygen atoms in total. The first-order chi connectivity index (χ1) is 17.2. The fraction of sp³-hybridized carbons (Fsp3) is 0. The molecule has 0 saturated heterocycles. The minimum atomic E-state index is -1.19. The summed E-state index contributed by atoms with van der Waals surface area (Å²) < 4.78 is 0. The number of carbonyl (C=O) groups excluding carboxylic acids is 4. The standard InChI is InChI=1S/4C6H5NO2.Sn/c4*8-6(9)5-2-1-3-7-4-5;/h4*1-4H,(H,8,9);/q;;;;+4/p-4. The van der Waals surface area contributed by atoms with Gasteiger partial charge in [0, 0.05) is 71.8 Å². The van der Waals surface area contributed by atoms with E-state index in [2.05, 4.69) is 19.9 Å². The van der Waals surface area contributed by atoms with Crippen LogP contribution in [0.5, 0.6) is 0 Å². The van der Waals surface area contributed by atoms with Gasteiger partial charge in [0.15, 0.2) is 0 Å². The summed E-state index contributed by atoms with van der Waals surface area (Å²) in [5.74, 6) is -4.77. The van der Waals surface area contributed by atoms with Gasteiger partial charge in [0.1, 0.15) is 0 Å². The summed E-state index contributed by atoms with van der Waals surface area (Å²) in [6, 6.07) is 11.9. The normalized spacial score (nSPS) is 8.65. The smallest absolute Gasteiger partial charge is 0.545 e. The number of hydrogen-bond donors (Lipinski definition) is 0. The molecule has 0 saturated carbocycles. The van der Waals surface area contributed by atoms with Crippen LogP contribution in [0, 0.1) is 0 Å². The molecular weight excluding hydrogens is 591 g/mol. The number of carboxylic acids is 4. The maximum atomic E-state index is 10.0. The zero-order chi connectivity index (χ0) is 26.8. The van der Waals surface area contributed by atoms with Gasteiger partial charge in [-0.3, -0.25) is 19.9 Å². The maximum absolute atomic E-state index is 10.0. The SMILES string of the molecule is O=C([O-])c1cccnc1.O=C([O-])c1cccnc1.O=C([O-])c1cccnc1.O=C([O-])c1cccnc1.[Sn+4]. The van der Waals surface area contributed by atoms with E-state index >= 15 is 0 Å². The molecule has 0 fully saturated rings. The molecule has 4 heterocycles. The van der Waals surface area contributed by atoms with E-state index in [0.29, 0.717) is 0 Å². The van der Waals surface area contributed by atoms with Crippen molar-refractivity contribution in [3.63, 3.8) is 0 Å². The molecule has 4 aromatic heterocycles. The van der Waals surface area contributed by atoms with Gasteiger partial charge in [0.2, 0.25) is 0 Å². The molecule has 0 atom stereocenters. The van der Waals surface area contributed by atoms with E-state index < -0.39 is 23.9 Å². The Morgan fingerprint density at radius 3 is 0.703 bits per heavy atom. The Balaban J connectivity index is 0.000000463. The second-order valence-electron chi connectivity index (χ2n) is 6.12. The molecule has 0 aliphatic carbocycles. The first kappa shape index (κ1) is 32.3. The van der Waals surface area contributed by atoms with Gasteiger partial charge >= 0.3 is 23.9 Å². The first-order valence-electron chi connectivity index (χ1n) is 9.67. The third-order valence-electron chi connectivity index (χ3n) is 3.59. The second-order valence-corrected chi connectivity index (χ2v) is 6.12. The van der Waals surface area contributed by atoms with Crippen LogP contribution in [-0.4, -0.2) is 67.7 Å². The van der Waals surface area contributed by atoms with Crippen molar-refractivity contribution in [3.05, 3.63) is 120 Å². The topological polar surface area (TPSA) is 212 Å². The van der Waals surface area contributed by atoms with Gasteiger partial charge in [0.25, 0.3) is 0 Å². The minimum absolute atomic E-state index is 0. The molecular formula is C24H16N4O8Sn. The van der Waals surface area contributed by atoms with Crippen LogP contribution in [0.3, 0.4) is 0 Å². The van der Waals surface area contributed by atoms with Crippen molar-refractivity contribution in [2.75, 3.05) is 0 Å². The zero-order valence-electron chi connectivity index (χ0n) is 18.8. The van der Waals surface area contributed by atoms with E-state index in [1.807, 2.05) is 0 Å². The van der Waals surface area contributed by atoms with Gasteiger partial charge < -0.3 is 39.6 Å². The van der Waals surface area contributed by atoms with Crippen molar-refractivity contribution in [2.45, 2.75) is 0 Å². The molecule has 0 spiro atoms. The summed E-state index contributed by atoms with van der Waals surface area (Å²) in [5, 5.41) is 40.2. The molecule has 0 N–H and O–H groups in total. The van der Waals surface area contributed by atoms with E-state index in [1.54, 1.807) is 24.3 Å². The third-order valence-corrected chi connectivity index (χ3v) is 3.59. The molecule has 184 valence electrons. The summed E-state index contributed by atoms with van der Waals surface area (Å²) in [6.45, 7) is 0. The van der Waals surface area contributed by atoms with Gasteiger partial charge in [-0.15, -0.1) is 0 Å². The quantitative estimate of drug-likeness (QED) is 0.219. The van der Waals surface area contributed by atoms with Gasteiger partial charge in [-0.25, -0.2) is 0 Å². The number of carbonyl (C=O) groups is 4. The number of rotatable bonds is 4. The van der Waals surface area contributed by atoms with Gasteiger partial charge in [0.05, 0.1) is 23.9 Å². The Morgan fingerprint density at radius 2 is 0.622 bits per heavy atom. The monoisotopic (exact) mass is 608 g/mol. The number of hydrogen-bond acceptors (Lipinski definition) is 12. The molecule has 0 aliphatic rings. The van der Waals surface area contributed by atoms with E-state index in [0.717, 1.165) is 0 Å². The van der Waals surface area contributed by atoms with Gasteiger partial charge in [-0.1, -0.05) is 24.3 Å². The molecule has 13 heteroatoms. The average Bonchev–Trinajstić information content (AvgIpc) is 2.92. The molecule has 4 rings (SSSR count). The maximum Gasteiger partial charge on any atom is 4.00 e. The zero-order valence-corrected chi connectivity index (χ0v) is 21.6. The van der Waals surface area contributed by atoms with Gasteiger partial charge in [-0.2, -0.15) is 0 Å². The number of aromatic carboxylic acids is 4. The summed E-state index contributed by atoms with van der Waals surface area (Å²) in [6.07, 6.45) is 11.0. The number of carboxylic acid groups (broad SMARTS) is 4. The summed E-state index contributed by atoms with van der Waals surface area (Å²) in [4.78, 5) is 54.5. The van der Waals surface area contributed by atoms with Crippen LogP contribution in [0.4, 0.5) is 0 Å². The predicted octanol–water partition coefficient (Wildman–Crippen LogP) is -2.60. The number of pyridine rings is 4. The van der Waals surface area contributed by atoms with Crippen LogP contribution < -0.4 is 20.4 Å². The Hall–Kier alpha value is -4.72. The van der Waals surface area contributed by atoms with Gasteiger partial charge in [-0.05, 0) is 24.3 Å². The summed E-state index contributed by atoms with van der Waals surface area (Å²) >= 11 is 0. The number of nitrogens with zero attached hydrogens (tertiary/aromatic N) is 4. The molecule has 0 bridgehead atoms. The Labute approximate surface area is 227 Å². The summed E-state index contributed by atoms with van der Waals surface area (Å²) in [5.41, 5.74) is 0.435. The Morgan fingerprint density at radius 1 is 0.432 bits per heavy atom. The van der Waals surface area contributed by atoms with Crippen LogP contribution in [0.25, 0.3) is 0 Å². The molecule has 0 aliphatic heterocycles. The van der Waals surface area contributed by atoms with Crippen molar-refractivity contribution in [1.29, 1.82) is 0 Å². The van der Waals surface area contributed by atoms with Crippen LogP contribution in [0.1, 0.15) is 41.4 Å². The average molecular weight is 607 g/mol. The van der Waals surface area contributed by atoms with Crippen LogP contribution in [0.15, 0.2) is 98.1 Å². The van der Waals surface area contributed by atoms with Crippen molar-refractivity contribution in [2.24, 2.45) is 0 Å². The minimum Gasteiger partial charge on any atom is -0.545 e. The van der Waals surface area contributed by atoms with Crippen LogP contribution in [0.2, 0.25) is 0 Å². The van der Waals surface area contributed by atoms with E-state index in [1.165, 1.54) is 73.8 Å². The van der Waals surface area contributed by atoms with Crippen LogP contribution >= 0.6 is 0 Å². The van der Waals surface area contributed by atoms with Crippen molar-refractivity contribution < 1.29 is 39.6 Å². The van der Waals surface area contributed by atoms with E-state index in [9.17, 15) is 39.6 Å². The van der Waals surface area contributed by atoms with Crippen molar-refractivity contribution in [3.8, 4) is 0 Å². The molecule has 0 aromatic carbocycles. The predicted molar refractivity (Wildman–Crippen MR) is 120 cm³/mol. The van der Waals surface area contributed by atoms with E-state index in [4.69, 9.17) is 0 Å². The Kier molecular flexibility index (Phi) is 16.2. The fourth-order valence-corrected chi connectivity index (χ4v) is 1.93. The molecule has 37 heavy (non-hydrogen) atoms. The van der Waals surface area contributed by atoms with Crippen molar-refractivity contribution >= 4 is 47.8 Å². The number of aromatic nitrogens is 4. The fourth-order valence-electron chi connectivity index (χ4n) is 1.93.